The third-order valence-electron chi connectivity index (χ3n) is 4.44. The molecule has 1 aromatic heterocycles. The maximum absolute atomic E-state index is 13.2. The van der Waals surface area contributed by atoms with Gasteiger partial charge in [0.1, 0.15) is 18.1 Å². The summed E-state index contributed by atoms with van der Waals surface area (Å²) in [4.78, 5) is 12.1. The minimum absolute atomic E-state index is 0.138. The highest BCUT2D eigenvalue weighted by molar-refractivity contribution is 5.74. The smallest absolute Gasteiger partial charge is 0.335 e. The number of hydrogen-bond donors (Lipinski definition) is 0. The van der Waals surface area contributed by atoms with Gasteiger partial charge in [-0.3, -0.25) is 0 Å². The zero-order chi connectivity index (χ0) is 17.8. The van der Waals surface area contributed by atoms with E-state index in [2.05, 4.69) is 5.10 Å². The third kappa shape index (κ3) is 3.74. The lowest BCUT2D eigenvalue weighted by atomic mass is 10.2. The lowest BCUT2D eigenvalue weighted by molar-refractivity contribution is -0.158. The van der Waals surface area contributed by atoms with E-state index in [1.807, 2.05) is 18.5 Å². The van der Waals surface area contributed by atoms with Gasteiger partial charge in [0.25, 0.3) is 0 Å². The zero-order valence-electron chi connectivity index (χ0n) is 14.6. The molecule has 0 radical (unpaired) electrons. The van der Waals surface area contributed by atoms with Crippen molar-refractivity contribution in [3.63, 3.8) is 0 Å². The first-order chi connectivity index (χ1) is 12.1. The molecule has 25 heavy (non-hydrogen) atoms. The van der Waals surface area contributed by atoms with Crippen molar-refractivity contribution >= 4 is 5.97 Å². The Hall–Kier alpha value is -2.21. The van der Waals surface area contributed by atoms with Crippen molar-refractivity contribution in [1.82, 2.24) is 9.78 Å². The summed E-state index contributed by atoms with van der Waals surface area (Å²) < 4.78 is 25.8. The molecule has 1 aromatic carbocycles. The van der Waals surface area contributed by atoms with Crippen molar-refractivity contribution in [2.24, 2.45) is 0 Å². The second-order valence-electron chi connectivity index (χ2n) is 6.07. The molecule has 0 saturated carbocycles. The summed E-state index contributed by atoms with van der Waals surface area (Å²) in [6, 6.07) is 6.26. The van der Waals surface area contributed by atoms with Gasteiger partial charge in [-0.25, -0.2) is 13.9 Å². The van der Waals surface area contributed by atoms with Crippen molar-refractivity contribution in [3.05, 3.63) is 47.0 Å². The van der Waals surface area contributed by atoms with Crippen molar-refractivity contribution in [3.8, 4) is 5.69 Å². The van der Waals surface area contributed by atoms with E-state index < -0.39 is 6.10 Å². The van der Waals surface area contributed by atoms with Gasteiger partial charge in [0, 0.05) is 17.9 Å². The lowest BCUT2D eigenvalue weighted by Gasteiger charge is -2.13. The standard InChI is InChI=1S/C19H23FN2O3/c1-3-18(24-4-2)19(23)25-12-16-15-6-5-7-17(15)22(21-16)14-10-8-13(20)9-11-14/h8-11,18H,3-7,12H2,1-2H3. The SMILES string of the molecule is CCOC(CC)C(=O)OCc1nn(-c2ccc(F)cc2)c2c1CCC2. The van der Waals surface area contributed by atoms with Crippen LogP contribution in [0.4, 0.5) is 4.39 Å². The van der Waals surface area contributed by atoms with Gasteiger partial charge in [-0.15, -0.1) is 0 Å². The van der Waals surface area contributed by atoms with E-state index >= 15 is 0 Å². The second-order valence-corrected chi connectivity index (χ2v) is 6.07. The quantitative estimate of drug-likeness (QED) is 0.722. The number of hydrogen-bond acceptors (Lipinski definition) is 4. The van der Waals surface area contributed by atoms with Crippen molar-refractivity contribution in [1.29, 1.82) is 0 Å². The number of aromatic nitrogens is 2. The number of fused-ring (bicyclic) bond motifs is 1. The molecule has 6 heteroatoms. The highest BCUT2D eigenvalue weighted by Gasteiger charge is 2.25. The molecule has 0 bridgehead atoms. The molecule has 1 atom stereocenters. The predicted octanol–water partition coefficient (Wildman–Crippen LogP) is 3.36. The fraction of sp³-hybridized carbons (Fsp3) is 0.474. The van der Waals surface area contributed by atoms with Crippen LogP contribution in [0.25, 0.3) is 5.69 Å². The van der Waals surface area contributed by atoms with E-state index in [1.54, 1.807) is 12.1 Å². The molecule has 0 aliphatic heterocycles. The van der Waals surface area contributed by atoms with Gasteiger partial charge in [-0.05, 0) is 56.9 Å². The monoisotopic (exact) mass is 346 g/mol. The summed E-state index contributed by atoms with van der Waals surface area (Å²) >= 11 is 0. The highest BCUT2D eigenvalue weighted by Crippen LogP contribution is 2.28. The number of esters is 1. The molecular weight excluding hydrogens is 323 g/mol. The molecular formula is C19H23FN2O3. The third-order valence-corrected chi connectivity index (χ3v) is 4.44. The Balaban J connectivity index is 1.78. The van der Waals surface area contributed by atoms with Crippen LogP contribution in [0.5, 0.6) is 0 Å². The van der Waals surface area contributed by atoms with Crippen LogP contribution in [0.2, 0.25) is 0 Å². The summed E-state index contributed by atoms with van der Waals surface area (Å²) in [5.74, 6) is -0.629. The average Bonchev–Trinajstić information content (AvgIpc) is 3.21. The summed E-state index contributed by atoms with van der Waals surface area (Å²) in [7, 11) is 0. The van der Waals surface area contributed by atoms with Gasteiger partial charge < -0.3 is 9.47 Å². The fourth-order valence-corrected chi connectivity index (χ4v) is 3.21. The Morgan fingerprint density at radius 1 is 1.28 bits per heavy atom. The van der Waals surface area contributed by atoms with Crippen LogP contribution in [0, 0.1) is 5.82 Å². The number of carbonyl (C=O) groups excluding carboxylic acids is 1. The van der Waals surface area contributed by atoms with Crippen LogP contribution >= 0.6 is 0 Å². The maximum Gasteiger partial charge on any atom is 0.335 e. The normalized spacial score (nSPS) is 14.4. The predicted molar refractivity (Wildman–Crippen MR) is 91.0 cm³/mol. The number of ether oxygens (including phenoxy) is 2. The number of halogens is 1. The van der Waals surface area contributed by atoms with E-state index in [4.69, 9.17) is 9.47 Å². The molecule has 0 saturated heterocycles. The Kier molecular flexibility index (Phi) is 5.48. The summed E-state index contributed by atoms with van der Waals surface area (Å²) in [5.41, 5.74) is 3.85. The summed E-state index contributed by atoms with van der Waals surface area (Å²) in [6.45, 7) is 4.36. The van der Waals surface area contributed by atoms with Gasteiger partial charge in [0.05, 0.1) is 5.69 Å². The Labute approximate surface area is 146 Å². The topological polar surface area (TPSA) is 53.4 Å². The Bertz CT molecular complexity index is 740. The molecule has 134 valence electrons. The van der Waals surface area contributed by atoms with E-state index in [-0.39, 0.29) is 18.4 Å². The van der Waals surface area contributed by atoms with Gasteiger partial charge in [-0.2, -0.15) is 5.10 Å². The first kappa shape index (κ1) is 17.6. The van der Waals surface area contributed by atoms with Crippen LogP contribution < -0.4 is 0 Å². The van der Waals surface area contributed by atoms with Crippen molar-refractivity contribution in [2.45, 2.75) is 52.2 Å². The van der Waals surface area contributed by atoms with Crippen LogP contribution in [0.3, 0.4) is 0 Å². The van der Waals surface area contributed by atoms with E-state index in [0.29, 0.717) is 13.0 Å². The van der Waals surface area contributed by atoms with Gasteiger partial charge in [0.2, 0.25) is 0 Å². The maximum atomic E-state index is 13.2. The van der Waals surface area contributed by atoms with Crippen LogP contribution in [0.15, 0.2) is 24.3 Å². The molecule has 0 N–H and O–H groups in total. The highest BCUT2D eigenvalue weighted by atomic mass is 19.1. The minimum Gasteiger partial charge on any atom is -0.457 e. The molecule has 1 aliphatic rings. The number of rotatable bonds is 7. The summed E-state index contributed by atoms with van der Waals surface area (Å²) in [6.07, 6.45) is 2.94. The molecule has 0 amide bonds. The van der Waals surface area contributed by atoms with Crippen LogP contribution in [-0.2, 0) is 33.7 Å². The van der Waals surface area contributed by atoms with Crippen molar-refractivity contribution in [2.75, 3.05) is 6.61 Å². The number of benzene rings is 1. The van der Waals surface area contributed by atoms with Crippen LogP contribution in [-0.4, -0.2) is 28.5 Å². The van der Waals surface area contributed by atoms with E-state index in [9.17, 15) is 9.18 Å². The van der Waals surface area contributed by atoms with E-state index in [1.165, 1.54) is 12.1 Å². The molecule has 5 nitrogen and oxygen atoms in total. The van der Waals surface area contributed by atoms with Gasteiger partial charge >= 0.3 is 5.97 Å². The van der Waals surface area contributed by atoms with Crippen LogP contribution in [0.1, 0.15) is 43.6 Å². The summed E-state index contributed by atoms with van der Waals surface area (Å²) in [5, 5.41) is 4.61. The van der Waals surface area contributed by atoms with Crippen molar-refractivity contribution < 1.29 is 18.7 Å². The molecule has 1 unspecified atom stereocenters. The average molecular weight is 346 g/mol. The first-order valence-corrected chi connectivity index (χ1v) is 8.77. The fourth-order valence-electron chi connectivity index (χ4n) is 3.21. The molecule has 1 aliphatic carbocycles. The molecule has 0 spiro atoms. The second kappa shape index (κ2) is 7.78. The first-order valence-electron chi connectivity index (χ1n) is 8.77. The Morgan fingerprint density at radius 2 is 2.04 bits per heavy atom. The number of nitrogens with zero attached hydrogens (tertiary/aromatic N) is 2. The molecule has 1 heterocycles. The zero-order valence-corrected chi connectivity index (χ0v) is 14.6. The Morgan fingerprint density at radius 3 is 2.72 bits per heavy atom. The van der Waals surface area contributed by atoms with Gasteiger partial charge in [-0.1, -0.05) is 6.92 Å². The number of carbonyl (C=O) groups is 1. The van der Waals surface area contributed by atoms with Gasteiger partial charge in [0.15, 0.2) is 6.10 Å². The minimum atomic E-state index is -0.530. The molecule has 3 rings (SSSR count). The largest absolute Gasteiger partial charge is 0.457 e. The van der Waals surface area contributed by atoms with E-state index in [0.717, 1.165) is 41.9 Å². The molecule has 2 aromatic rings. The lowest BCUT2D eigenvalue weighted by Crippen LogP contribution is -2.26. The molecule has 0 fully saturated rings.